The summed E-state index contributed by atoms with van der Waals surface area (Å²) in [6.45, 7) is 0.878. The molecule has 1 aliphatic heterocycles. The van der Waals surface area contributed by atoms with Crippen LogP contribution in [0.4, 0.5) is 8.78 Å². The summed E-state index contributed by atoms with van der Waals surface area (Å²) in [7, 11) is -0.143. The van der Waals surface area contributed by atoms with Gasteiger partial charge in [0.25, 0.3) is 0 Å². The van der Waals surface area contributed by atoms with Gasteiger partial charge in [-0.15, -0.1) is 0 Å². The highest BCUT2D eigenvalue weighted by Crippen LogP contribution is 2.35. The summed E-state index contributed by atoms with van der Waals surface area (Å²) in [6.07, 6.45) is -2.89. The van der Waals surface area contributed by atoms with E-state index in [0.29, 0.717) is 0 Å². The molecule has 0 aliphatic carbocycles. The van der Waals surface area contributed by atoms with Crippen LogP contribution in [0.3, 0.4) is 0 Å². The Kier molecular flexibility index (Phi) is 4.80. The van der Waals surface area contributed by atoms with E-state index in [0.717, 1.165) is 0 Å². The zero-order valence-corrected chi connectivity index (χ0v) is 12.3. The lowest BCUT2D eigenvalue weighted by Crippen LogP contribution is -2.55. The molecule has 0 aromatic heterocycles. The molecule has 1 aromatic carbocycles. The van der Waals surface area contributed by atoms with Gasteiger partial charge in [0.15, 0.2) is 0 Å². The summed E-state index contributed by atoms with van der Waals surface area (Å²) in [5.41, 5.74) is 0.226. The van der Waals surface area contributed by atoms with Crippen LogP contribution in [0.5, 0.6) is 0 Å². The molecule has 0 N–H and O–H groups in total. The van der Waals surface area contributed by atoms with Crippen LogP contribution >= 0.6 is 0 Å². The number of alkyl halides is 2. The van der Waals surface area contributed by atoms with Gasteiger partial charge in [0.1, 0.15) is 5.31 Å². The number of likely N-dealkylation sites (N-methyl/N-ethyl adjacent to an activating group) is 1. The lowest BCUT2D eigenvalue weighted by Gasteiger charge is -2.33. The van der Waals surface area contributed by atoms with Crippen LogP contribution in [-0.4, -0.2) is 50.5 Å². The van der Waals surface area contributed by atoms with Crippen LogP contribution in [0, 0.1) is 0 Å². The van der Waals surface area contributed by atoms with Gasteiger partial charge >= 0.3 is 19.1 Å². The fourth-order valence-electron chi connectivity index (χ4n) is 2.24. The number of nitrogens with zero attached hydrogens (tertiary/aromatic N) is 1. The fraction of sp³-hybridized carbons (Fsp3) is 0.429. The van der Waals surface area contributed by atoms with Crippen molar-refractivity contribution in [3.05, 3.63) is 35.9 Å². The maximum absolute atomic E-state index is 13.7. The molecule has 8 heteroatoms. The Labute approximate surface area is 127 Å². The molecule has 1 aromatic rings. The molecule has 0 bridgehead atoms. The van der Waals surface area contributed by atoms with E-state index in [-0.39, 0.29) is 18.7 Å². The van der Waals surface area contributed by atoms with E-state index in [2.05, 4.69) is 0 Å². The maximum atomic E-state index is 13.7. The highest BCUT2D eigenvalue weighted by atomic mass is 19.3. The summed E-state index contributed by atoms with van der Waals surface area (Å²) >= 11 is 0. The first-order valence-corrected chi connectivity index (χ1v) is 6.75. The third kappa shape index (κ3) is 3.27. The van der Waals surface area contributed by atoms with E-state index < -0.39 is 30.8 Å². The van der Waals surface area contributed by atoms with Crippen LogP contribution < -0.4 is 0 Å². The maximum Gasteiger partial charge on any atom is 0.615 e. The normalized spacial score (nSPS) is 20.0. The summed E-state index contributed by atoms with van der Waals surface area (Å²) in [6, 6.07) is 7.84. The first-order chi connectivity index (χ1) is 10.3. The molecule has 0 spiro atoms. The Balaban J connectivity index is 2.38. The molecule has 1 aliphatic rings. The van der Waals surface area contributed by atoms with Crippen molar-refractivity contribution >= 4 is 19.1 Å². The fourth-order valence-corrected chi connectivity index (χ4v) is 2.24. The van der Waals surface area contributed by atoms with Crippen molar-refractivity contribution in [3.8, 4) is 0 Å². The average molecular weight is 311 g/mol. The Bertz CT molecular complexity index is 537. The van der Waals surface area contributed by atoms with E-state index in [4.69, 9.17) is 9.31 Å². The smallest absolute Gasteiger partial charge is 0.497 e. The number of benzene rings is 1. The first-order valence-electron chi connectivity index (χ1n) is 6.75. The number of carbonyl (C=O) groups excluding carboxylic acids is 2. The van der Waals surface area contributed by atoms with Crippen molar-refractivity contribution in [1.29, 1.82) is 0 Å². The summed E-state index contributed by atoms with van der Waals surface area (Å²) < 4.78 is 37.5. The van der Waals surface area contributed by atoms with Crippen LogP contribution in [0.25, 0.3) is 0 Å². The van der Waals surface area contributed by atoms with Crippen molar-refractivity contribution in [2.75, 3.05) is 20.1 Å². The zero-order chi connectivity index (χ0) is 16.3. The topological polar surface area (TPSA) is 55.8 Å². The SMILES string of the molecule is CN1CC(=O)OB(C(C)(c2ccccc2)C(F)F)OC(=O)C1. The molecule has 0 radical (unpaired) electrons. The predicted molar refractivity (Wildman–Crippen MR) is 75.2 cm³/mol. The Hall–Kier alpha value is -1.96. The number of halogens is 2. The molecule has 0 saturated carbocycles. The quantitative estimate of drug-likeness (QED) is 0.787. The van der Waals surface area contributed by atoms with Crippen molar-refractivity contribution in [2.45, 2.75) is 18.7 Å². The van der Waals surface area contributed by atoms with Crippen molar-refractivity contribution in [3.63, 3.8) is 0 Å². The molecule has 118 valence electrons. The summed E-state index contributed by atoms with van der Waals surface area (Å²) in [5.74, 6) is -1.44. The van der Waals surface area contributed by atoms with Crippen LogP contribution in [0.2, 0.25) is 0 Å². The molecular formula is C14H16BF2NO4. The molecule has 1 fully saturated rings. The number of hydrogen-bond acceptors (Lipinski definition) is 5. The van der Waals surface area contributed by atoms with E-state index in [9.17, 15) is 18.4 Å². The van der Waals surface area contributed by atoms with Gasteiger partial charge in [0.05, 0.1) is 13.1 Å². The molecule has 22 heavy (non-hydrogen) atoms. The van der Waals surface area contributed by atoms with Crippen LogP contribution in [-0.2, 0) is 24.2 Å². The molecule has 0 amide bonds. The third-order valence-corrected chi connectivity index (χ3v) is 3.61. The minimum absolute atomic E-state index is 0.167. The molecule has 1 unspecified atom stereocenters. The molecule has 5 nitrogen and oxygen atoms in total. The van der Waals surface area contributed by atoms with Gasteiger partial charge in [-0.3, -0.25) is 14.5 Å². The molecular weight excluding hydrogens is 295 g/mol. The lowest BCUT2D eigenvalue weighted by atomic mass is 9.55. The van der Waals surface area contributed by atoms with Gasteiger partial charge in [0.2, 0.25) is 6.43 Å². The van der Waals surface area contributed by atoms with E-state index in [1.54, 1.807) is 18.2 Å². The van der Waals surface area contributed by atoms with Gasteiger partial charge in [-0.2, -0.15) is 0 Å². The minimum atomic E-state index is -2.89. The molecule has 1 atom stereocenters. The lowest BCUT2D eigenvalue weighted by molar-refractivity contribution is -0.147. The second-order valence-electron chi connectivity index (χ2n) is 5.43. The highest BCUT2D eigenvalue weighted by Gasteiger charge is 2.56. The highest BCUT2D eigenvalue weighted by molar-refractivity contribution is 6.53. The Morgan fingerprint density at radius 3 is 2.09 bits per heavy atom. The van der Waals surface area contributed by atoms with Gasteiger partial charge in [-0.1, -0.05) is 30.3 Å². The third-order valence-electron chi connectivity index (χ3n) is 3.61. The standard InChI is InChI=1S/C14H16BF2NO4/c1-14(13(16)17,10-6-4-3-5-7-10)15-21-11(19)8-18(2)9-12(20)22-15/h3-7,13H,8-9H2,1-2H3. The van der Waals surface area contributed by atoms with E-state index in [1.807, 2.05) is 0 Å². The van der Waals surface area contributed by atoms with Crippen molar-refractivity contribution in [1.82, 2.24) is 4.90 Å². The number of rotatable bonds is 3. The van der Waals surface area contributed by atoms with Crippen LogP contribution in [0.15, 0.2) is 30.3 Å². The zero-order valence-electron chi connectivity index (χ0n) is 12.3. The van der Waals surface area contributed by atoms with Crippen molar-refractivity contribution in [2.24, 2.45) is 0 Å². The molecule has 2 rings (SSSR count). The van der Waals surface area contributed by atoms with Gasteiger partial charge in [-0.25, -0.2) is 8.78 Å². The summed E-state index contributed by atoms with van der Waals surface area (Å²) in [4.78, 5) is 24.9. The first kappa shape index (κ1) is 16.4. The monoisotopic (exact) mass is 311 g/mol. The Morgan fingerprint density at radius 2 is 1.64 bits per heavy atom. The largest absolute Gasteiger partial charge is 0.615 e. The minimum Gasteiger partial charge on any atom is -0.497 e. The van der Waals surface area contributed by atoms with Gasteiger partial charge in [0, 0.05) is 0 Å². The number of carbonyl (C=O) groups is 2. The second kappa shape index (κ2) is 6.43. The van der Waals surface area contributed by atoms with E-state index >= 15 is 0 Å². The van der Waals surface area contributed by atoms with E-state index in [1.165, 1.54) is 31.0 Å². The van der Waals surface area contributed by atoms with Crippen molar-refractivity contribution < 1.29 is 27.7 Å². The number of hydrogen-bond donors (Lipinski definition) is 0. The Morgan fingerprint density at radius 1 is 1.14 bits per heavy atom. The van der Waals surface area contributed by atoms with Gasteiger partial charge in [-0.05, 0) is 19.5 Å². The van der Waals surface area contributed by atoms with Crippen LogP contribution in [0.1, 0.15) is 12.5 Å². The van der Waals surface area contributed by atoms with Gasteiger partial charge < -0.3 is 9.31 Å². The average Bonchev–Trinajstić information content (AvgIpc) is 2.44. The molecule has 1 saturated heterocycles. The summed E-state index contributed by atoms with van der Waals surface area (Å²) in [5, 5.41) is -1.94. The molecule has 1 heterocycles. The second-order valence-corrected chi connectivity index (χ2v) is 5.43. The predicted octanol–water partition coefficient (Wildman–Crippen LogP) is 1.27.